The Balaban J connectivity index is 2.94. The van der Waals surface area contributed by atoms with Crippen LogP contribution >= 0.6 is 15.9 Å². The van der Waals surface area contributed by atoms with E-state index in [1.165, 1.54) is 12.0 Å². The molecule has 1 N–H and O–H groups in total. The number of halogens is 1. The van der Waals surface area contributed by atoms with Crippen LogP contribution in [0.4, 0.5) is 0 Å². The van der Waals surface area contributed by atoms with Gasteiger partial charge in [0.05, 0.1) is 0 Å². The van der Waals surface area contributed by atoms with Crippen molar-refractivity contribution in [1.29, 1.82) is 0 Å². The molecule has 20 heavy (non-hydrogen) atoms. The van der Waals surface area contributed by atoms with Crippen LogP contribution in [-0.4, -0.2) is 37.1 Å². The third-order valence-corrected chi connectivity index (χ3v) is 4.95. The van der Waals surface area contributed by atoms with Gasteiger partial charge < -0.3 is 10.2 Å². The second-order valence-electron chi connectivity index (χ2n) is 5.95. The van der Waals surface area contributed by atoms with Crippen molar-refractivity contribution in [2.24, 2.45) is 0 Å². The molecule has 0 heterocycles. The van der Waals surface area contributed by atoms with Crippen molar-refractivity contribution in [1.82, 2.24) is 10.2 Å². The Morgan fingerprint density at radius 2 is 2.00 bits per heavy atom. The standard InChI is InChI=1S/C17H29BrN2/c1-6-11-19-16(17(3,7-2)20(4)5)13-14-9-8-10-15(18)12-14/h8-10,12,16,19H,6-7,11,13H2,1-5H3. The highest BCUT2D eigenvalue weighted by atomic mass is 79.9. The summed E-state index contributed by atoms with van der Waals surface area (Å²) in [5.74, 6) is 0. The number of benzene rings is 1. The van der Waals surface area contributed by atoms with Gasteiger partial charge in [0.15, 0.2) is 0 Å². The Morgan fingerprint density at radius 1 is 1.30 bits per heavy atom. The van der Waals surface area contributed by atoms with E-state index in [4.69, 9.17) is 0 Å². The summed E-state index contributed by atoms with van der Waals surface area (Å²) >= 11 is 3.57. The van der Waals surface area contributed by atoms with Crippen molar-refractivity contribution in [3.05, 3.63) is 34.3 Å². The first-order valence-corrected chi connectivity index (χ1v) is 8.38. The summed E-state index contributed by atoms with van der Waals surface area (Å²) in [4.78, 5) is 2.36. The van der Waals surface area contributed by atoms with E-state index in [2.05, 4.69) is 85.3 Å². The number of rotatable bonds is 8. The fourth-order valence-electron chi connectivity index (χ4n) is 2.60. The molecule has 0 radical (unpaired) electrons. The van der Waals surface area contributed by atoms with E-state index >= 15 is 0 Å². The maximum Gasteiger partial charge on any atom is 0.0328 e. The van der Waals surface area contributed by atoms with Crippen LogP contribution in [0.15, 0.2) is 28.7 Å². The van der Waals surface area contributed by atoms with Crippen LogP contribution in [0.25, 0.3) is 0 Å². The minimum absolute atomic E-state index is 0.164. The van der Waals surface area contributed by atoms with Crippen molar-refractivity contribution >= 4 is 15.9 Å². The van der Waals surface area contributed by atoms with Crippen LogP contribution in [0.1, 0.15) is 39.2 Å². The molecule has 0 aromatic heterocycles. The largest absolute Gasteiger partial charge is 0.312 e. The summed E-state index contributed by atoms with van der Waals surface area (Å²) in [6.07, 6.45) is 3.36. The molecule has 0 bridgehead atoms. The van der Waals surface area contributed by atoms with E-state index in [0.29, 0.717) is 6.04 Å². The Bertz CT molecular complexity index is 406. The lowest BCUT2D eigenvalue weighted by molar-refractivity contribution is 0.112. The monoisotopic (exact) mass is 340 g/mol. The molecule has 0 fully saturated rings. The van der Waals surface area contributed by atoms with Crippen LogP contribution in [0, 0.1) is 0 Å². The number of likely N-dealkylation sites (N-methyl/N-ethyl adjacent to an activating group) is 1. The average molecular weight is 341 g/mol. The molecule has 2 unspecified atom stereocenters. The summed E-state index contributed by atoms with van der Waals surface area (Å²) in [6, 6.07) is 9.11. The summed E-state index contributed by atoms with van der Waals surface area (Å²) in [6.45, 7) is 7.93. The minimum Gasteiger partial charge on any atom is -0.312 e. The topological polar surface area (TPSA) is 15.3 Å². The van der Waals surface area contributed by atoms with E-state index in [1.807, 2.05) is 0 Å². The smallest absolute Gasteiger partial charge is 0.0328 e. The van der Waals surface area contributed by atoms with Crippen LogP contribution in [0.2, 0.25) is 0 Å². The highest BCUT2D eigenvalue weighted by Crippen LogP contribution is 2.25. The van der Waals surface area contributed by atoms with Crippen LogP contribution in [0.5, 0.6) is 0 Å². The fourth-order valence-corrected chi connectivity index (χ4v) is 3.05. The summed E-state index contributed by atoms with van der Waals surface area (Å²) in [5, 5.41) is 3.75. The van der Waals surface area contributed by atoms with Crippen molar-refractivity contribution in [2.45, 2.75) is 51.6 Å². The number of nitrogens with zero attached hydrogens (tertiary/aromatic N) is 1. The quantitative estimate of drug-likeness (QED) is 0.766. The Kier molecular flexibility index (Phi) is 7.21. The molecular formula is C17H29BrN2. The molecule has 1 aromatic carbocycles. The van der Waals surface area contributed by atoms with Gasteiger partial charge in [0.2, 0.25) is 0 Å². The molecule has 2 atom stereocenters. The first kappa shape index (κ1) is 17.7. The number of hydrogen-bond acceptors (Lipinski definition) is 2. The summed E-state index contributed by atoms with van der Waals surface area (Å²) < 4.78 is 1.16. The minimum atomic E-state index is 0.164. The highest BCUT2D eigenvalue weighted by molar-refractivity contribution is 9.10. The zero-order chi connectivity index (χ0) is 15.2. The zero-order valence-electron chi connectivity index (χ0n) is 13.5. The lowest BCUT2D eigenvalue weighted by Gasteiger charge is -2.43. The molecule has 0 aliphatic rings. The molecule has 0 aliphatic heterocycles. The second-order valence-corrected chi connectivity index (χ2v) is 6.86. The Hall–Kier alpha value is -0.380. The molecule has 3 heteroatoms. The SMILES string of the molecule is CCCNC(Cc1cccc(Br)c1)C(C)(CC)N(C)C. The fraction of sp³-hybridized carbons (Fsp3) is 0.647. The third-order valence-electron chi connectivity index (χ3n) is 4.46. The van der Waals surface area contributed by atoms with Gasteiger partial charge in [0.1, 0.15) is 0 Å². The van der Waals surface area contributed by atoms with E-state index in [-0.39, 0.29) is 5.54 Å². The maximum absolute atomic E-state index is 3.75. The lowest BCUT2D eigenvalue weighted by Crippen LogP contribution is -2.57. The predicted octanol–water partition coefficient (Wildman–Crippen LogP) is 4.09. The van der Waals surface area contributed by atoms with Gasteiger partial charge >= 0.3 is 0 Å². The van der Waals surface area contributed by atoms with Gasteiger partial charge in [0, 0.05) is 16.1 Å². The van der Waals surface area contributed by atoms with Gasteiger partial charge in [-0.3, -0.25) is 0 Å². The first-order chi connectivity index (χ1) is 9.43. The predicted molar refractivity (Wildman–Crippen MR) is 92.3 cm³/mol. The zero-order valence-corrected chi connectivity index (χ0v) is 15.1. The molecule has 2 nitrogen and oxygen atoms in total. The second kappa shape index (κ2) is 8.16. The van der Waals surface area contributed by atoms with E-state index in [9.17, 15) is 0 Å². The molecule has 114 valence electrons. The van der Waals surface area contributed by atoms with E-state index < -0.39 is 0 Å². The van der Waals surface area contributed by atoms with Gasteiger partial charge in [-0.1, -0.05) is 41.9 Å². The summed E-state index contributed by atoms with van der Waals surface area (Å²) in [7, 11) is 4.37. The van der Waals surface area contributed by atoms with Gasteiger partial charge in [0.25, 0.3) is 0 Å². The van der Waals surface area contributed by atoms with E-state index in [1.54, 1.807) is 0 Å². The van der Waals surface area contributed by atoms with Crippen LogP contribution in [-0.2, 0) is 6.42 Å². The normalized spacial score (nSPS) is 16.1. The molecule has 1 rings (SSSR count). The first-order valence-electron chi connectivity index (χ1n) is 7.59. The van der Waals surface area contributed by atoms with Gasteiger partial charge in [-0.2, -0.15) is 0 Å². The van der Waals surface area contributed by atoms with Crippen molar-refractivity contribution in [3.8, 4) is 0 Å². The third kappa shape index (κ3) is 4.57. The Labute approximate surface area is 133 Å². The van der Waals surface area contributed by atoms with Crippen LogP contribution < -0.4 is 5.32 Å². The van der Waals surface area contributed by atoms with Gasteiger partial charge in [-0.15, -0.1) is 0 Å². The van der Waals surface area contributed by atoms with Gasteiger partial charge in [-0.05, 0) is 64.5 Å². The molecular weight excluding hydrogens is 312 g/mol. The number of nitrogens with one attached hydrogen (secondary N) is 1. The van der Waals surface area contributed by atoms with Crippen molar-refractivity contribution < 1.29 is 0 Å². The average Bonchev–Trinajstić information content (AvgIpc) is 2.42. The highest BCUT2D eigenvalue weighted by Gasteiger charge is 2.34. The molecule has 0 aliphatic carbocycles. The molecule has 0 saturated carbocycles. The molecule has 1 aromatic rings. The molecule has 0 saturated heterocycles. The lowest BCUT2D eigenvalue weighted by atomic mass is 9.84. The number of hydrogen-bond donors (Lipinski definition) is 1. The Morgan fingerprint density at radius 3 is 2.50 bits per heavy atom. The van der Waals surface area contributed by atoms with Crippen molar-refractivity contribution in [2.75, 3.05) is 20.6 Å². The van der Waals surface area contributed by atoms with Gasteiger partial charge in [-0.25, -0.2) is 0 Å². The molecule has 0 spiro atoms. The summed E-state index contributed by atoms with van der Waals surface area (Å²) in [5.41, 5.74) is 1.55. The maximum atomic E-state index is 3.75. The van der Waals surface area contributed by atoms with E-state index in [0.717, 1.165) is 23.9 Å². The molecule has 0 amide bonds. The van der Waals surface area contributed by atoms with Crippen molar-refractivity contribution in [3.63, 3.8) is 0 Å². The van der Waals surface area contributed by atoms with Crippen LogP contribution in [0.3, 0.4) is 0 Å².